The van der Waals surface area contributed by atoms with Crippen molar-refractivity contribution in [2.45, 2.75) is 31.3 Å². The molecule has 2 aromatic carbocycles. The lowest BCUT2D eigenvalue weighted by Crippen LogP contribution is -2.26. The van der Waals surface area contributed by atoms with Gasteiger partial charge < -0.3 is 9.26 Å². The van der Waals surface area contributed by atoms with E-state index in [1.807, 2.05) is 19.9 Å². The topological polar surface area (TPSA) is 108 Å². The number of sulfonamides is 1. The Morgan fingerprint density at radius 2 is 2.00 bits per heavy atom. The molecule has 2 heterocycles. The normalized spacial score (nSPS) is 12.2. The summed E-state index contributed by atoms with van der Waals surface area (Å²) in [5, 5.41) is 3.94. The number of benzene rings is 2. The third kappa shape index (κ3) is 4.06. The van der Waals surface area contributed by atoms with Crippen LogP contribution in [0.25, 0.3) is 21.6 Å². The second-order valence-electron chi connectivity index (χ2n) is 7.47. The van der Waals surface area contributed by atoms with E-state index in [0.29, 0.717) is 21.8 Å². The third-order valence-corrected chi connectivity index (χ3v) is 7.68. The summed E-state index contributed by atoms with van der Waals surface area (Å²) in [5.74, 6) is 1.15. The highest BCUT2D eigenvalue weighted by Gasteiger charge is 2.24. The number of nitrogens with zero attached hydrogens (tertiary/aromatic N) is 4. The fourth-order valence-electron chi connectivity index (χ4n) is 3.32. The van der Waals surface area contributed by atoms with Crippen LogP contribution in [0.5, 0.6) is 5.75 Å². The average Bonchev–Trinajstić information content (AvgIpc) is 3.36. The molecular weight excluding hydrogens is 452 g/mol. The van der Waals surface area contributed by atoms with Gasteiger partial charge in [0.1, 0.15) is 5.75 Å². The van der Waals surface area contributed by atoms with E-state index in [4.69, 9.17) is 9.26 Å². The van der Waals surface area contributed by atoms with Gasteiger partial charge in [-0.15, -0.1) is 0 Å². The summed E-state index contributed by atoms with van der Waals surface area (Å²) in [6.07, 6.45) is 0. The van der Waals surface area contributed by atoms with Crippen molar-refractivity contribution in [2.75, 3.05) is 14.2 Å². The van der Waals surface area contributed by atoms with Gasteiger partial charge in [0.15, 0.2) is 0 Å². The van der Waals surface area contributed by atoms with Gasteiger partial charge in [-0.25, -0.2) is 8.42 Å². The van der Waals surface area contributed by atoms with Crippen LogP contribution < -0.4 is 9.61 Å². The quantitative estimate of drug-likeness (QED) is 0.403. The van der Waals surface area contributed by atoms with Gasteiger partial charge in [0.2, 0.25) is 21.7 Å². The number of thiazole rings is 1. The minimum atomic E-state index is -3.84. The molecule has 0 N–H and O–H groups in total. The lowest BCUT2D eigenvalue weighted by atomic mass is 10.2. The number of methoxy groups -OCH3 is 1. The van der Waals surface area contributed by atoms with E-state index in [-0.39, 0.29) is 28.2 Å². The van der Waals surface area contributed by atoms with Crippen molar-refractivity contribution >= 4 is 31.6 Å². The van der Waals surface area contributed by atoms with E-state index in [0.717, 1.165) is 21.2 Å². The predicted octanol–water partition coefficient (Wildman–Crippen LogP) is 3.52. The summed E-state index contributed by atoms with van der Waals surface area (Å²) in [7, 11) is -0.833. The second kappa shape index (κ2) is 8.49. The van der Waals surface area contributed by atoms with Crippen LogP contribution in [-0.4, -0.2) is 41.6 Å². The number of fused-ring (bicyclic) bond motifs is 1. The summed E-state index contributed by atoms with van der Waals surface area (Å²) < 4.78 is 40.1. The molecule has 0 unspecified atom stereocenters. The van der Waals surface area contributed by atoms with Gasteiger partial charge in [-0.1, -0.05) is 28.6 Å². The molecule has 2 aromatic heterocycles. The first kappa shape index (κ1) is 22.2. The number of rotatable bonds is 7. The Morgan fingerprint density at radius 1 is 1.22 bits per heavy atom. The predicted molar refractivity (Wildman–Crippen MR) is 121 cm³/mol. The molecule has 0 amide bonds. The summed E-state index contributed by atoms with van der Waals surface area (Å²) in [6, 6.07) is 11.9. The Labute approximate surface area is 188 Å². The van der Waals surface area contributed by atoms with Gasteiger partial charge in [0.25, 0.3) is 0 Å². The minimum Gasteiger partial charge on any atom is -0.497 e. The maximum atomic E-state index is 13.1. The highest BCUT2D eigenvalue weighted by atomic mass is 32.2. The third-order valence-electron chi connectivity index (χ3n) is 4.96. The maximum absolute atomic E-state index is 13.1. The van der Waals surface area contributed by atoms with Crippen LogP contribution in [0.3, 0.4) is 0 Å². The Balaban J connectivity index is 1.58. The van der Waals surface area contributed by atoms with Crippen molar-refractivity contribution in [3.63, 3.8) is 0 Å². The van der Waals surface area contributed by atoms with E-state index in [9.17, 15) is 13.2 Å². The smallest absolute Gasteiger partial charge is 0.308 e. The summed E-state index contributed by atoms with van der Waals surface area (Å²) in [4.78, 5) is 16.5. The molecule has 0 radical (unpaired) electrons. The minimum absolute atomic E-state index is 0.0160. The first-order valence-electron chi connectivity index (χ1n) is 9.79. The van der Waals surface area contributed by atoms with Crippen LogP contribution in [-0.2, 0) is 16.6 Å². The van der Waals surface area contributed by atoms with Gasteiger partial charge in [-0.3, -0.25) is 9.36 Å². The van der Waals surface area contributed by atoms with Crippen molar-refractivity contribution in [1.82, 2.24) is 19.0 Å². The van der Waals surface area contributed by atoms with Crippen LogP contribution >= 0.6 is 11.3 Å². The van der Waals surface area contributed by atoms with Crippen molar-refractivity contribution in [1.29, 1.82) is 0 Å². The Morgan fingerprint density at radius 3 is 2.72 bits per heavy atom. The van der Waals surface area contributed by atoms with Crippen molar-refractivity contribution in [2.24, 2.45) is 0 Å². The molecule has 11 heteroatoms. The molecule has 168 valence electrons. The SMILES string of the molecule is COc1cccc(-c2noc(CN(C)S(=O)(=O)c3ccc4c(c3)sc(=O)n4C(C)C)n2)c1. The Hall–Kier alpha value is -3.02. The monoisotopic (exact) mass is 474 g/mol. The zero-order chi connectivity index (χ0) is 23.0. The number of hydrogen-bond acceptors (Lipinski definition) is 8. The second-order valence-corrected chi connectivity index (χ2v) is 10.5. The molecular formula is C21H22N4O5S2. The van der Waals surface area contributed by atoms with Crippen LogP contribution in [0.4, 0.5) is 0 Å². The zero-order valence-electron chi connectivity index (χ0n) is 18.0. The van der Waals surface area contributed by atoms with E-state index < -0.39 is 10.0 Å². The van der Waals surface area contributed by atoms with Gasteiger partial charge >= 0.3 is 4.87 Å². The van der Waals surface area contributed by atoms with Gasteiger partial charge in [0.05, 0.1) is 28.8 Å². The fraction of sp³-hybridized carbons (Fsp3) is 0.286. The van der Waals surface area contributed by atoms with Crippen molar-refractivity contribution in [3.8, 4) is 17.1 Å². The van der Waals surface area contributed by atoms with E-state index >= 15 is 0 Å². The number of hydrogen-bond donors (Lipinski definition) is 0. The van der Waals surface area contributed by atoms with Crippen molar-refractivity contribution in [3.05, 3.63) is 58.0 Å². The molecule has 0 saturated heterocycles. The largest absolute Gasteiger partial charge is 0.497 e. The molecule has 0 saturated carbocycles. The summed E-state index contributed by atoms with van der Waals surface area (Å²) in [6.45, 7) is 3.73. The first-order valence-corrected chi connectivity index (χ1v) is 12.0. The van der Waals surface area contributed by atoms with Gasteiger partial charge in [0, 0.05) is 18.7 Å². The summed E-state index contributed by atoms with van der Waals surface area (Å²) >= 11 is 1.03. The molecule has 0 spiro atoms. The Kier molecular flexibility index (Phi) is 5.89. The molecule has 4 rings (SSSR count). The average molecular weight is 475 g/mol. The molecule has 4 aromatic rings. The van der Waals surface area contributed by atoms with Gasteiger partial charge in [-0.05, 0) is 44.2 Å². The van der Waals surface area contributed by atoms with Crippen LogP contribution in [0.2, 0.25) is 0 Å². The Bertz CT molecular complexity index is 1440. The van der Waals surface area contributed by atoms with Gasteiger partial charge in [-0.2, -0.15) is 9.29 Å². The zero-order valence-corrected chi connectivity index (χ0v) is 19.6. The molecule has 9 nitrogen and oxygen atoms in total. The number of aromatic nitrogens is 3. The van der Waals surface area contributed by atoms with E-state index in [1.54, 1.807) is 35.9 Å². The maximum Gasteiger partial charge on any atom is 0.308 e. The molecule has 0 bridgehead atoms. The lowest BCUT2D eigenvalue weighted by molar-refractivity contribution is 0.337. The van der Waals surface area contributed by atoms with Crippen molar-refractivity contribution < 1.29 is 17.7 Å². The fourth-order valence-corrected chi connectivity index (χ4v) is 5.59. The molecule has 0 aliphatic rings. The molecule has 32 heavy (non-hydrogen) atoms. The lowest BCUT2D eigenvalue weighted by Gasteiger charge is -2.15. The molecule has 0 atom stereocenters. The van der Waals surface area contributed by atoms with Crippen LogP contribution in [0, 0.1) is 0 Å². The molecule has 0 aliphatic heterocycles. The van der Waals surface area contributed by atoms with E-state index in [1.165, 1.54) is 19.2 Å². The highest BCUT2D eigenvalue weighted by Crippen LogP contribution is 2.26. The molecule has 0 fully saturated rings. The summed E-state index contributed by atoms with van der Waals surface area (Å²) in [5.41, 5.74) is 1.41. The standard InChI is InChI=1S/C21H22N4O5S2/c1-13(2)25-17-9-8-16(11-18(17)31-21(25)26)32(27,28)24(3)12-19-22-20(23-30-19)14-6-5-7-15(10-14)29-4/h5-11,13H,12H2,1-4H3. The van der Waals surface area contributed by atoms with Crippen LogP contribution in [0.15, 0.2) is 56.7 Å². The number of ether oxygens (including phenoxy) is 1. The highest BCUT2D eigenvalue weighted by molar-refractivity contribution is 7.89. The van der Waals surface area contributed by atoms with Crippen LogP contribution in [0.1, 0.15) is 25.8 Å². The molecule has 0 aliphatic carbocycles. The van der Waals surface area contributed by atoms with E-state index in [2.05, 4.69) is 10.1 Å². The first-order chi connectivity index (χ1) is 15.2.